The smallest absolute Gasteiger partial charge is 0.230 e. The minimum absolute atomic E-state index is 0.0144. The third-order valence-corrected chi connectivity index (χ3v) is 7.75. The lowest BCUT2D eigenvalue weighted by molar-refractivity contribution is 0.598. The van der Waals surface area contributed by atoms with Crippen LogP contribution in [0.5, 0.6) is 0 Å². The maximum absolute atomic E-state index is 13.6. The maximum Gasteiger partial charge on any atom is 0.291 e. The summed E-state index contributed by atoms with van der Waals surface area (Å²) < 4.78 is 43.0. The average Bonchev–Trinajstić information content (AvgIpc) is 2.68. The van der Waals surface area contributed by atoms with Gasteiger partial charge in [0.1, 0.15) is 0 Å². The molecule has 0 heterocycles. The molecule has 0 aliphatic carbocycles. The number of sulfonamides is 1. The summed E-state index contributed by atoms with van der Waals surface area (Å²) in [6.07, 6.45) is 0. The largest absolute Gasteiger partial charge is 0.291 e. The normalized spacial score (nSPS) is 13.1. The molecule has 3 aromatic rings. The molecule has 0 amide bonds. The average molecular weight is 410 g/mol. The lowest BCUT2D eigenvalue weighted by atomic mass is 10.2. The summed E-state index contributed by atoms with van der Waals surface area (Å²) in [5.41, 5.74) is 2.51. The van der Waals surface area contributed by atoms with E-state index < -0.39 is 19.8 Å². The molecule has 0 bridgehead atoms. The molecule has 0 aromatic heterocycles. The number of rotatable bonds is 3. The molecule has 0 saturated carbocycles. The van der Waals surface area contributed by atoms with Crippen molar-refractivity contribution in [3.05, 3.63) is 95.6 Å². The van der Waals surface area contributed by atoms with Crippen LogP contribution in [-0.4, -0.2) is 12.6 Å². The number of aryl methyl sites for hydroxylation is 2. The van der Waals surface area contributed by atoms with E-state index in [0.717, 1.165) is 11.1 Å². The summed E-state index contributed by atoms with van der Waals surface area (Å²) in [6.45, 7) is 3.75. The van der Waals surface area contributed by atoms with Gasteiger partial charge in [-0.25, -0.2) is 4.21 Å². The molecule has 28 heavy (non-hydrogen) atoms. The van der Waals surface area contributed by atoms with Gasteiger partial charge in [-0.15, -0.1) is 0 Å². The first kappa shape index (κ1) is 19.9. The highest BCUT2D eigenvalue weighted by molar-refractivity contribution is 8.06. The van der Waals surface area contributed by atoms with E-state index in [4.69, 9.17) is 0 Å². The fraction of sp³-hybridized carbons (Fsp3) is 0.0909. The van der Waals surface area contributed by atoms with Gasteiger partial charge in [0.25, 0.3) is 10.0 Å². The summed E-state index contributed by atoms with van der Waals surface area (Å²) in [7, 11) is -7.67. The first-order valence-electron chi connectivity index (χ1n) is 8.53. The summed E-state index contributed by atoms with van der Waals surface area (Å²) in [5.74, 6) is 2.80. The Hall–Kier alpha value is -2.88. The summed E-state index contributed by atoms with van der Waals surface area (Å²) in [5, 5.41) is 2.62. The van der Waals surface area contributed by atoms with Crippen LogP contribution in [-0.2, 0) is 19.8 Å². The van der Waals surface area contributed by atoms with Gasteiger partial charge in [0, 0.05) is 10.8 Å². The van der Waals surface area contributed by atoms with E-state index in [9.17, 15) is 12.6 Å². The van der Waals surface area contributed by atoms with Crippen LogP contribution < -0.4 is 0 Å². The first-order chi connectivity index (χ1) is 13.3. The van der Waals surface area contributed by atoms with Crippen LogP contribution in [0.2, 0.25) is 0 Å². The molecule has 0 aliphatic rings. The van der Waals surface area contributed by atoms with Crippen molar-refractivity contribution in [2.45, 2.75) is 23.6 Å². The fourth-order valence-corrected chi connectivity index (χ4v) is 5.69. The van der Waals surface area contributed by atoms with Crippen molar-refractivity contribution in [2.75, 3.05) is 0 Å². The maximum atomic E-state index is 13.6. The lowest BCUT2D eigenvalue weighted by Crippen LogP contribution is -2.05. The van der Waals surface area contributed by atoms with Crippen LogP contribution in [0.15, 0.2) is 92.4 Å². The highest BCUT2D eigenvalue weighted by Gasteiger charge is 2.19. The summed E-state index contributed by atoms with van der Waals surface area (Å²) >= 11 is 0. The van der Waals surface area contributed by atoms with E-state index >= 15 is 0 Å². The highest BCUT2D eigenvalue weighted by Crippen LogP contribution is 2.21. The molecule has 0 fully saturated rings. The molecule has 3 aromatic carbocycles. The van der Waals surface area contributed by atoms with E-state index in [0.29, 0.717) is 5.56 Å². The summed E-state index contributed by atoms with van der Waals surface area (Å²) in [6, 6.07) is 21.9. The SMILES string of the molecule is Cc1ccc(S(=O)(=O)N=S(=O)(C#Cc2ccccc2)c2ccc(C)cc2)cc1. The standard InChI is InChI=1S/C22H19NO3S2/c1-18-8-12-21(13-9-18)27(24,17-16-20-6-4-3-5-7-20)23-28(25,26)22-14-10-19(2)11-15-22/h3-15H,1-2H3. The molecule has 0 saturated heterocycles. The minimum atomic E-state index is -4.15. The second-order valence-corrected chi connectivity index (χ2v) is 10.0. The zero-order valence-corrected chi connectivity index (χ0v) is 17.1. The second-order valence-electron chi connectivity index (χ2n) is 6.29. The van der Waals surface area contributed by atoms with Crippen molar-refractivity contribution in [1.29, 1.82) is 0 Å². The molecule has 6 heteroatoms. The van der Waals surface area contributed by atoms with Gasteiger partial charge < -0.3 is 0 Å². The highest BCUT2D eigenvalue weighted by atomic mass is 32.3. The number of hydrogen-bond donors (Lipinski definition) is 0. The molecule has 0 N–H and O–H groups in total. The Balaban J connectivity index is 2.20. The molecular formula is C22H19NO3S2. The lowest BCUT2D eigenvalue weighted by Gasteiger charge is -2.05. The van der Waals surface area contributed by atoms with Crippen molar-refractivity contribution in [2.24, 2.45) is 3.77 Å². The minimum Gasteiger partial charge on any atom is -0.230 e. The van der Waals surface area contributed by atoms with E-state index in [1.165, 1.54) is 12.1 Å². The van der Waals surface area contributed by atoms with Gasteiger partial charge >= 0.3 is 0 Å². The summed E-state index contributed by atoms with van der Waals surface area (Å²) in [4.78, 5) is 0.247. The van der Waals surface area contributed by atoms with Gasteiger partial charge in [0.2, 0.25) is 0 Å². The van der Waals surface area contributed by atoms with E-state index in [2.05, 4.69) is 14.9 Å². The van der Waals surface area contributed by atoms with E-state index in [1.54, 1.807) is 60.7 Å². The second kappa shape index (κ2) is 8.01. The predicted octanol–water partition coefficient (Wildman–Crippen LogP) is 4.53. The molecule has 0 aliphatic heterocycles. The molecule has 0 spiro atoms. The molecule has 1 atom stereocenters. The van der Waals surface area contributed by atoms with Gasteiger partial charge in [-0.1, -0.05) is 63.3 Å². The van der Waals surface area contributed by atoms with E-state index in [-0.39, 0.29) is 9.79 Å². The topological polar surface area (TPSA) is 63.6 Å². The first-order valence-corrected chi connectivity index (χ1v) is 11.5. The van der Waals surface area contributed by atoms with Crippen molar-refractivity contribution >= 4 is 19.8 Å². The molecular weight excluding hydrogens is 390 g/mol. The van der Waals surface area contributed by atoms with Crippen LogP contribution in [0.25, 0.3) is 0 Å². The zero-order valence-electron chi connectivity index (χ0n) is 15.5. The molecule has 3 rings (SSSR count). The van der Waals surface area contributed by atoms with Gasteiger partial charge in [0.15, 0.2) is 9.73 Å². The van der Waals surface area contributed by atoms with Crippen LogP contribution in [0.1, 0.15) is 16.7 Å². The van der Waals surface area contributed by atoms with Gasteiger partial charge in [-0.3, -0.25) is 0 Å². The Morgan fingerprint density at radius 2 is 1.18 bits per heavy atom. The van der Waals surface area contributed by atoms with Crippen molar-refractivity contribution in [1.82, 2.24) is 0 Å². The van der Waals surface area contributed by atoms with Gasteiger partial charge in [0.05, 0.1) is 9.79 Å². The quantitative estimate of drug-likeness (QED) is 0.597. The zero-order chi connectivity index (χ0) is 20.2. The van der Waals surface area contributed by atoms with Gasteiger partial charge in [-0.2, -0.15) is 8.42 Å². The Kier molecular flexibility index (Phi) is 5.68. The van der Waals surface area contributed by atoms with Gasteiger partial charge in [-0.05, 0) is 50.2 Å². The van der Waals surface area contributed by atoms with Crippen molar-refractivity contribution < 1.29 is 12.6 Å². The third-order valence-electron chi connectivity index (χ3n) is 3.97. The Morgan fingerprint density at radius 3 is 1.71 bits per heavy atom. The van der Waals surface area contributed by atoms with Crippen LogP contribution in [0.3, 0.4) is 0 Å². The van der Waals surface area contributed by atoms with Crippen LogP contribution >= 0.6 is 0 Å². The van der Waals surface area contributed by atoms with Crippen LogP contribution in [0.4, 0.5) is 0 Å². The van der Waals surface area contributed by atoms with E-state index in [1.807, 2.05) is 19.9 Å². The number of benzene rings is 3. The molecule has 1 unspecified atom stereocenters. The predicted molar refractivity (Wildman–Crippen MR) is 112 cm³/mol. The molecule has 4 nitrogen and oxygen atoms in total. The monoisotopic (exact) mass is 409 g/mol. The Bertz CT molecular complexity index is 1260. The Labute approximate surface area is 166 Å². The fourth-order valence-electron chi connectivity index (χ4n) is 2.38. The molecule has 142 valence electrons. The number of nitrogens with zero attached hydrogens (tertiary/aromatic N) is 1. The van der Waals surface area contributed by atoms with Crippen molar-refractivity contribution in [3.63, 3.8) is 0 Å². The Morgan fingerprint density at radius 1 is 0.679 bits per heavy atom. The van der Waals surface area contributed by atoms with Crippen LogP contribution in [0, 0.1) is 25.0 Å². The molecule has 0 radical (unpaired) electrons. The third kappa shape index (κ3) is 4.69. The van der Waals surface area contributed by atoms with Crippen molar-refractivity contribution in [3.8, 4) is 11.2 Å². The number of hydrogen-bond acceptors (Lipinski definition) is 3.